The number of likely N-dealkylation sites (N-methyl/N-ethyl adjacent to an activating group) is 1. The first-order chi connectivity index (χ1) is 15.6. The van der Waals surface area contributed by atoms with Crippen molar-refractivity contribution in [2.75, 3.05) is 52.8 Å². The fourth-order valence-electron chi connectivity index (χ4n) is 5.91. The van der Waals surface area contributed by atoms with Gasteiger partial charge in [-0.15, -0.1) is 0 Å². The van der Waals surface area contributed by atoms with E-state index in [1.165, 1.54) is 12.8 Å². The van der Waals surface area contributed by atoms with Crippen LogP contribution in [-0.4, -0.2) is 70.7 Å². The van der Waals surface area contributed by atoms with Gasteiger partial charge in [0, 0.05) is 51.7 Å². The molecule has 168 valence electrons. The van der Waals surface area contributed by atoms with Crippen molar-refractivity contribution in [2.24, 2.45) is 5.92 Å². The fourth-order valence-corrected chi connectivity index (χ4v) is 5.91. The van der Waals surface area contributed by atoms with Gasteiger partial charge in [0.1, 0.15) is 17.0 Å². The van der Waals surface area contributed by atoms with Crippen molar-refractivity contribution in [2.45, 2.75) is 50.6 Å². The normalized spacial score (nSPS) is 27.9. The molecule has 6 rings (SSSR count). The van der Waals surface area contributed by atoms with Gasteiger partial charge in [0.25, 0.3) is 5.91 Å². The van der Waals surface area contributed by atoms with E-state index in [1.54, 1.807) is 17.3 Å². The van der Waals surface area contributed by atoms with Gasteiger partial charge in [-0.1, -0.05) is 19.8 Å². The number of aromatic nitrogens is 4. The topological polar surface area (TPSA) is 81.6 Å². The van der Waals surface area contributed by atoms with Gasteiger partial charge in [0.15, 0.2) is 5.82 Å². The number of carbonyl (C=O) groups excluding carboxylic acids is 1. The summed E-state index contributed by atoms with van der Waals surface area (Å²) in [4.78, 5) is 40.5. The Morgan fingerprint density at radius 3 is 2.38 bits per heavy atom. The number of anilines is 4. The Kier molecular flexibility index (Phi) is 4.48. The number of nitrogens with zero attached hydrogens (tertiary/aromatic N) is 8. The highest BCUT2D eigenvalue weighted by molar-refractivity contribution is 6.09. The van der Waals surface area contributed by atoms with E-state index in [-0.39, 0.29) is 5.91 Å². The lowest BCUT2D eigenvalue weighted by Gasteiger charge is -2.45. The Hall–Kier alpha value is -2.97. The minimum Gasteiger partial charge on any atom is -0.352 e. The van der Waals surface area contributed by atoms with Crippen molar-refractivity contribution in [1.82, 2.24) is 19.9 Å². The van der Waals surface area contributed by atoms with E-state index in [0.717, 1.165) is 68.7 Å². The molecule has 2 atom stereocenters. The van der Waals surface area contributed by atoms with Crippen LogP contribution in [0.5, 0.6) is 0 Å². The Morgan fingerprint density at radius 2 is 1.72 bits per heavy atom. The zero-order valence-electron chi connectivity index (χ0n) is 18.8. The molecular formula is C23H30N8O. The van der Waals surface area contributed by atoms with Crippen LogP contribution < -0.4 is 19.6 Å². The Labute approximate surface area is 188 Å². The maximum absolute atomic E-state index is 13.4. The number of amides is 1. The van der Waals surface area contributed by atoms with Crippen LogP contribution in [0.25, 0.3) is 0 Å². The van der Waals surface area contributed by atoms with Crippen molar-refractivity contribution in [3.05, 3.63) is 24.8 Å². The van der Waals surface area contributed by atoms with Gasteiger partial charge in [-0.2, -0.15) is 4.98 Å². The first kappa shape index (κ1) is 19.7. The predicted molar refractivity (Wildman–Crippen MR) is 123 cm³/mol. The van der Waals surface area contributed by atoms with Gasteiger partial charge in [0.05, 0.1) is 12.4 Å². The zero-order valence-corrected chi connectivity index (χ0v) is 18.8. The van der Waals surface area contributed by atoms with Crippen molar-refractivity contribution in [3.63, 3.8) is 0 Å². The number of rotatable bonds is 3. The molecule has 0 radical (unpaired) electrons. The monoisotopic (exact) mass is 434 g/mol. The summed E-state index contributed by atoms with van der Waals surface area (Å²) in [6.45, 7) is 5.56. The maximum Gasteiger partial charge on any atom is 0.253 e. The summed E-state index contributed by atoms with van der Waals surface area (Å²) in [5.74, 6) is 3.19. The average Bonchev–Trinajstić information content (AvgIpc) is 3.21. The molecule has 1 spiro atoms. The highest BCUT2D eigenvalue weighted by Gasteiger charge is 2.66. The molecule has 0 unspecified atom stereocenters. The zero-order chi connectivity index (χ0) is 21.9. The van der Waals surface area contributed by atoms with Crippen LogP contribution in [0.15, 0.2) is 24.8 Å². The number of carbonyl (C=O) groups is 1. The van der Waals surface area contributed by atoms with Crippen LogP contribution in [0.4, 0.5) is 23.3 Å². The molecule has 0 bridgehead atoms. The van der Waals surface area contributed by atoms with Gasteiger partial charge in [0.2, 0.25) is 5.95 Å². The minimum absolute atomic E-state index is 0.207. The summed E-state index contributed by atoms with van der Waals surface area (Å²) in [7, 11) is 1.88. The van der Waals surface area contributed by atoms with Gasteiger partial charge < -0.3 is 19.6 Å². The smallest absolute Gasteiger partial charge is 0.253 e. The molecule has 4 heterocycles. The van der Waals surface area contributed by atoms with Crippen molar-refractivity contribution < 1.29 is 4.79 Å². The third-order valence-corrected chi connectivity index (χ3v) is 7.83. The van der Waals surface area contributed by atoms with Crippen LogP contribution >= 0.6 is 0 Å². The summed E-state index contributed by atoms with van der Waals surface area (Å²) in [5, 5.41) is 0. The molecule has 2 aliphatic heterocycles. The molecule has 3 fully saturated rings. The second-order valence-electron chi connectivity index (χ2n) is 9.62. The lowest BCUT2D eigenvalue weighted by molar-refractivity contribution is -0.121. The first-order valence-electron chi connectivity index (χ1n) is 11.8. The third kappa shape index (κ3) is 2.86. The summed E-state index contributed by atoms with van der Waals surface area (Å²) in [6.07, 6.45) is 12.8. The SMILES string of the molecule is C[C@H]1C[C@@]12C(=O)N(C)c1cnc(N3CCN(c4cnccn4)CC3)nc1N2C1CCCC1. The van der Waals surface area contributed by atoms with E-state index >= 15 is 0 Å². The molecule has 2 aliphatic carbocycles. The lowest BCUT2D eigenvalue weighted by atomic mass is 10.0. The highest BCUT2D eigenvalue weighted by atomic mass is 16.2. The fraction of sp³-hybridized carbons (Fsp3) is 0.609. The van der Waals surface area contributed by atoms with Crippen LogP contribution in [0, 0.1) is 5.92 Å². The van der Waals surface area contributed by atoms with Crippen LogP contribution in [0.2, 0.25) is 0 Å². The Morgan fingerprint density at radius 1 is 1.00 bits per heavy atom. The summed E-state index contributed by atoms with van der Waals surface area (Å²) < 4.78 is 0. The molecule has 0 N–H and O–H groups in total. The summed E-state index contributed by atoms with van der Waals surface area (Å²) in [6, 6.07) is 0.396. The van der Waals surface area contributed by atoms with Gasteiger partial charge >= 0.3 is 0 Å². The Balaban J connectivity index is 1.30. The minimum atomic E-state index is -0.410. The van der Waals surface area contributed by atoms with Crippen LogP contribution in [-0.2, 0) is 4.79 Å². The molecule has 1 saturated heterocycles. The second kappa shape index (κ2) is 7.28. The number of fused-ring (bicyclic) bond motifs is 1. The Bertz CT molecular complexity index is 1020. The molecule has 0 aromatic carbocycles. The maximum atomic E-state index is 13.4. The number of hydrogen-bond acceptors (Lipinski definition) is 8. The summed E-state index contributed by atoms with van der Waals surface area (Å²) >= 11 is 0. The van der Waals surface area contributed by atoms with Gasteiger partial charge in [-0.05, 0) is 25.2 Å². The molecule has 2 saturated carbocycles. The van der Waals surface area contributed by atoms with E-state index in [9.17, 15) is 4.79 Å². The van der Waals surface area contributed by atoms with Crippen molar-refractivity contribution in [1.29, 1.82) is 0 Å². The second-order valence-corrected chi connectivity index (χ2v) is 9.62. The molecule has 2 aromatic rings. The highest BCUT2D eigenvalue weighted by Crippen LogP contribution is 2.57. The number of piperazine rings is 1. The largest absolute Gasteiger partial charge is 0.352 e. The van der Waals surface area contributed by atoms with Crippen molar-refractivity contribution in [3.8, 4) is 0 Å². The molecule has 9 nitrogen and oxygen atoms in total. The van der Waals surface area contributed by atoms with Gasteiger partial charge in [-0.3, -0.25) is 9.78 Å². The van der Waals surface area contributed by atoms with E-state index in [1.807, 2.05) is 19.4 Å². The number of hydrogen-bond donors (Lipinski definition) is 0. The molecule has 9 heteroatoms. The standard InChI is InChI=1S/C23H30N8O/c1-16-13-23(16)21(32)28(2)18-14-26-22(27-20(18)31(23)17-5-3-4-6-17)30-11-9-29(10-12-30)19-15-24-7-8-25-19/h7-8,14-17H,3-6,9-13H2,1-2H3/t16-,23-/m0/s1. The van der Waals surface area contributed by atoms with Gasteiger partial charge in [-0.25, -0.2) is 9.97 Å². The van der Waals surface area contributed by atoms with Crippen LogP contribution in [0.1, 0.15) is 39.0 Å². The van der Waals surface area contributed by atoms with Crippen molar-refractivity contribution >= 4 is 29.2 Å². The molecule has 2 aromatic heterocycles. The predicted octanol–water partition coefficient (Wildman–Crippen LogP) is 2.10. The van der Waals surface area contributed by atoms with Crippen LogP contribution in [0.3, 0.4) is 0 Å². The lowest BCUT2D eigenvalue weighted by Crippen LogP contribution is -2.59. The van der Waals surface area contributed by atoms with E-state index < -0.39 is 5.54 Å². The third-order valence-electron chi connectivity index (χ3n) is 7.83. The summed E-state index contributed by atoms with van der Waals surface area (Å²) in [5.41, 5.74) is 0.432. The molecule has 1 amide bonds. The molecule has 32 heavy (non-hydrogen) atoms. The average molecular weight is 435 g/mol. The van der Waals surface area contributed by atoms with E-state index in [4.69, 9.17) is 9.97 Å². The molecule has 4 aliphatic rings. The molecular weight excluding hydrogens is 404 g/mol. The first-order valence-corrected chi connectivity index (χ1v) is 11.8. The van der Waals surface area contributed by atoms with E-state index in [0.29, 0.717) is 12.0 Å². The van der Waals surface area contributed by atoms with E-state index in [2.05, 4.69) is 31.6 Å². The quantitative estimate of drug-likeness (QED) is 0.727.